The lowest BCUT2D eigenvalue weighted by molar-refractivity contribution is 0.201. The maximum absolute atomic E-state index is 11.9. The molecule has 0 spiro atoms. The van der Waals surface area contributed by atoms with Crippen molar-refractivity contribution in [2.24, 2.45) is 0 Å². The predicted molar refractivity (Wildman–Crippen MR) is 64.5 cm³/mol. The average molecular weight is 254 g/mol. The molecule has 1 aliphatic heterocycles. The van der Waals surface area contributed by atoms with Gasteiger partial charge >= 0.3 is 0 Å². The predicted octanol–water partition coefficient (Wildman–Crippen LogP) is 1.59. The van der Waals surface area contributed by atoms with Crippen molar-refractivity contribution in [3.63, 3.8) is 0 Å². The van der Waals surface area contributed by atoms with Gasteiger partial charge < -0.3 is 9.84 Å². The second-order valence-electron chi connectivity index (χ2n) is 4.07. The van der Waals surface area contributed by atoms with E-state index in [1.807, 2.05) is 0 Å². The molecule has 1 aromatic carbocycles. The summed E-state index contributed by atoms with van der Waals surface area (Å²) in [7, 11) is -1.89. The van der Waals surface area contributed by atoms with Gasteiger partial charge in [-0.25, -0.2) is 8.42 Å². The minimum absolute atomic E-state index is 0.257. The lowest BCUT2D eigenvalue weighted by atomic mass is 10.0. The monoisotopic (exact) mass is 254 g/mol. The summed E-state index contributed by atoms with van der Waals surface area (Å²) in [5.41, 5.74) is 1.18. The highest BCUT2D eigenvalue weighted by molar-refractivity contribution is 7.95. The first-order chi connectivity index (χ1) is 7.95. The number of hydrogen-bond acceptors (Lipinski definition) is 4. The van der Waals surface area contributed by atoms with E-state index in [2.05, 4.69) is 0 Å². The molecule has 0 saturated carbocycles. The summed E-state index contributed by atoms with van der Waals surface area (Å²) in [6.45, 7) is 1.63. The van der Waals surface area contributed by atoms with E-state index in [0.717, 1.165) is 0 Å². The number of hydrogen-bond donors (Lipinski definition) is 1. The van der Waals surface area contributed by atoms with Gasteiger partial charge in [0.2, 0.25) is 9.84 Å². The van der Waals surface area contributed by atoms with Crippen LogP contribution < -0.4 is 4.74 Å². The molecule has 17 heavy (non-hydrogen) atoms. The second-order valence-corrected chi connectivity index (χ2v) is 5.84. The van der Waals surface area contributed by atoms with Crippen LogP contribution in [0, 0.1) is 0 Å². The van der Waals surface area contributed by atoms with E-state index >= 15 is 0 Å². The average Bonchev–Trinajstić information content (AvgIpc) is 2.50. The summed E-state index contributed by atoms with van der Waals surface area (Å²) < 4.78 is 29.0. The normalized spacial score (nSPS) is 18.4. The Hall–Kier alpha value is -1.33. The highest BCUT2D eigenvalue weighted by Crippen LogP contribution is 2.41. The van der Waals surface area contributed by atoms with E-state index in [1.54, 1.807) is 25.1 Å². The summed E-state index contributed by atoms with van der Waals surface area (Å²) in [6, 6.07) is 4.92. The molecule has 0 fully saturated rings. The molecule has 1 N–H and O–H groups in total. The molecule has 1 atom stereocenters. The van der Waals surface area contributed by atoms with E-state index < -0.39 is 15.9 Å². The Labute approximate surface area is 100 Å². The van der Waals surface area contributed by atoms with Crippen LogP contribution in [0.4, 0.5) is 0 Å². The summed E-state index contributed by atoms with van der Waals surface area (Å²) in [5, 5.41) is 10.6. The fourth-order valence-corrected chi connectivity index (χ4v) is 3.51. The Morgan fingerprint density at radius 1 is 1.41 bits per heavy atom. The van der Waals surface area contributed by atoms with Gasteiger partial charge in [0.25, 0.3) is 0 Å². The molecular formula is C12H14O4S. The Morgan fingerprint density at radius 3 is 2.71 bits per heavy atom. The zero-order chi connectivity index (χ0) is 12.6. The number of aliphatic hydroxyl groups excluding tert-OH is 1. The largest absolute Gasteiger partial charge is 0.496 e. The maximum atomic E-state index is 11.9. The first-order valence-corrected chi connectivity index (χ1v) is 6.81. The minimum Gasteiger partial charge on any atom is -0.496 e. The molecule has 1 aliphatic rings. The van der Waals surface area contributed by atoms with Gasteiger partial charge in [0, 0.05) is 11.0 Å². The number of ether oxygens (including phenoxy) is 1. The van der Waals surface area contributed by atoms with E-state index in [1.165, 1.54) is 12.5 Å². The number of benzene rings is 1. The van der Waals surface area contributed by atoms with Crippen molar-refractivity contribution in [2.45, 2.75) is 24.3 Å². The van der Waals surface area contributed by atoms with Gasteiger partial charge in [-0.2, -0.15) is 0 Å². The summed E-state index contributed by atoms with van der Waals surface area (Å²) in [4.78, 5) is 0.257. The molecule has 5 heteroatoms. The number of sulfone groups is 1. The molecule has 1 heterocycles. The number of methoxy groups -OCH3 is 1. The van der Waals surface area contributed by atoms with Crippen LogP contribution in [0.15, 0.2) is 28.5 Å². The Morgan fingerprint density at radius 2 is 2.12 bits per heavy atom. The quantitative estimate of drug-likeness (QED) is 0.889. The Kier molecular flexibility index (Phi) is 2.97. The molecule has 4 nitrogen and oxygen atoms in total. The Balaban J connectivity index is 2.63. The van der Waals surface area contributed by atoms with Crippen molar-refractivity contribution in [3.8, 4) is 5.75 Å². The zero-order valence-electron chi connectivity index (χ0n) is 9.67. The van der Waals surface area contributed by atoms with Gasteiger partial charge in [0.1, 0.15) is 5.75 Å². The van der Waals surface area contributed by atoms with Crippen molar-refractivity contribution in [1.82, 2.24) is 0 Å². The van der Waals surface area contributed by atoms with Gasteiger partial charge in [-0.3, -0.25) is 0 Å². The third kappa shape index (κ3) is 2.08. The molecule has 0 saturated heterocycles. The van der Waals surface area contributed by atoms with Crippen LogP contribution >= 0.6 is 0 Å². The highest BCUT2D eigenvalue weighted by Gasteiger charge is 2.29. The standard InChI is InChI=1S/C12H14O4S/c1-8(13)6-9-7-17(14,15)11-5-3-4-10(16-2)12(9)11/h3-5,7-8,13H,6H2,1-2H3. The van der Waals surface area contributed by atoms with Crippen LogP contribution in [-0.4, -0.2) is 26.7 Å². The van der Waals surface area contributed by atoms with Crippen molar-refractivity contribution < 1.29 is 18.3 Å². The molecule has 1 aromatic rings. The van der Waals surface area contributed by atoms with Crippen LogP contribution in [0.2, 0.25) is 0 Å². The smallest absolute Gasteiger partial charge is 0.200 e. The van der Waals surface area contributed by atoms with Gasteiger partial charge in [0.15, 0.2) is 0 Å². The Bertz CT molecular complexity index is 570. The number of aliphatic hydroxyl groups is 1. The molecule has 0 aliphatic carbocycles. The van der Waals surface area contributed by atoms with Crippen LogP contribution in [0.25, 0.3) is 5.57 Å². The summed E-state index contributed by atoms with van der Waals surface area (Å²) in [6.07, 6.45) is -0.292. The van der Waals surface area contributed by atoms with Gasteiger partial charge in [-0.1, -0.05) is 6.07 Å². The number of rotatable bonds is 3. The first kappa shape index (κ1) is 12.1. The fourth-order valence-electron chi connectivity index (χ4n) is 2.01. The minimum atomic E-state index is -3.39. The molecule has 1 unspecified atom stereocenters. The van der Waals surface area contributed by atoms with Crippen LogP contribution in [0.5, 0.6) is 5.75 Å². The number of fused-ring (bicyclic) bond motifs is 1. The summed E-state index contributed by atoms with van der Waals surface area (Å²) >= 11 is 0. The fraction of sp³-hybridized carbons (Fsp3) is 0.333. The first-order valence-electron chi connectivity index (χ1n) is 5.27. The summed E-state index contributed by atoms with van der Waals surface area (Å²) in [5.74, 6) is 0.524. The van der Waals surface area contributed by atoms with E-state index in [4.69, 9.17) is 4.74 Å². The molecule has 0 radical (unpaired) electrons. The maximum Gasteiger partial charge on any atom is 0.200 e. The van der Waals surface area contributed by atoms with Crippen molar-refractivity contribution in [3.05, 3.63) is 29.2 Å². The van der Waals surface area contributed by atoms with E-state index in [0.29, 0.717) is 23.3 Å². The van der Waals surface area contributed by atoms with Crippen molar-refractivity contribution in [1.29, 1.82) is 0 Å². The third-order valence-corrected chi connectivity index (χ3v) is 4.20. The molecule has 0 aromatic heterocycles. The highest BCUT2D eigenvalue weighted by atomic mass is 32.2. The molecule has 92 valence electrons. The van der Waals surface area contributed by atoms with E-state index in [9.17, 15) is 13.5 Å². The lowest BCUT2D eigenvalue weighted by Crippen LogP contribution is -2.01. The van der Waals surface area contributed by atoms with Crippen LogP contribution in [0.3, 0.4) is 0 Å². The topological polar surface area (TPSA) is 63.6 Å². The van der Waals surface area contributed by atoms with Gasteiger partial charge in [-0.05, 0) is 31.1 Å². The third-order valence-electron chi connectivity index (χ3n) is 2.65. The van der Waals surface area contributed by atoms with Crippen molar-refractivity contribution >= 4 is 15.4 Å². The SMILES string of the molecule is COc1cccc2c1C(CC(C)O)=CS2(=O)=O. The zero-order valence-corrected chi connectivity index (χ0v) is 10.5. The molecule has 0 amide bonds. The second kappa shape index (κ2) is 4.16. The van der Waals surface area contributed by atoms with Crippen molar-refractivity contribution in [2.75, 3.05) is 7.11 Å². The van der Waals surface area contributed by atoms with E-state index in [-0.39, 0.29) is 4.90 Å². The molecule has 0 bridgehead atoms. The van der Waals surface area contributed by atoms with Crippen LogP contribution in [0.1, 0.15) is 18.9 Å². The van der Waals surface area contributed by atoms with Gasteiger partial charge in [-0.15, -0.1) is 0 Å². The van der Waals surface area contributed by atoms with Gasteiger partial charge in [0.05, 0.1) is 18.1 Å². The molecule has 2 rings (SSSR count). The lowest BCUT2D eigenvalue weighted by Gasteiger charge is -2.11. The van der Waals surface area contributed by atoms with Crippen LogP contribution in [-0.2, 0) is 9.84 Å². The molecular weight excluding hydrogens is 240 g/mol.